The normalized spacial score (nSPS) is 79.3. The highest BCUT2D eigenvalue weighted by Gasteiger charge is 2.82. The van der Waals surface area contributed by atoms with Gasteiger partial charge in [0.25, 0.3) is 0 Å². The smallest absolute Gasteiger partial charge is 0.0286 e. The number of hydrogen-bond donors (Lipinski definition) is 0. The first kappa shape index (κ1) is 20.0. The third-order valence-corrected chi connectivity index (χ3v) is 20.0. The Hall–Kier alpha value is 0. The molecule has 198 valence electrons. The van der Waals surface area contributed by atoms with E-state index in [1.54, 1.807) is 64.2 Å². The SMILES string of the molecule is CC1(C)C2C3CC(C4C5CC(C6C7CCC(C7)C56)C34)C2C2C3CC(C4C5CC(C6C7CCC(C7)C56)C34)C21. The molecule has 0 amide bonds. The second-order valence-electron chi connectivity index (χ2n) is 19.6. The second-order valence-corrected chi connectivity index (χ2v) is 19.6. The fourth-order valence-electron chi connectivity index (χ4n) is 21.1. The minimum absolute atomic E-state index is 0.677. The first-order valence-corrected chi connectivity index (χ1v) is 18.1. The van der Waals surface area contributed by atoms with E-state index in [1.165, 1.54) is 130 Å². The predicted octanol–water partition coefficient (Wildman–Crippen LogP) is 7.88. The van der Waals surface area contributed by atoms with Crippen LogP contribution in [-0.4, -0.2) is 0 Å². The Kier molecular flexibility index (Phi) is 3.07. The quantitative estimate of drug-likeness (QED) is 0.300. The number of rotatable bonds is 0. The van der Waals surface area contributed by atoms with Crippen molar-refractivity contribution < 1.29 is 0 Å². The average Bonchev–Trinajstić information content (AvgIpc) is 3.76. The van der Waals surface area contributed by atoms with E-state index in [2.05, 4.69) is 13.8 Å². The predicted molar refractivity (Wildman–Crippen MR) is 144 cm³/mol. The molecule has 13 aliphatic carbocycles. The third-order valence-electron chi connectivity index (χ3n) is 20.0. The van der Waals surface area contributed by atoms with Crippen LogP contribution in [0, 0.1) is 147 Å². The lowest BCUT2D eigenvalue weighted by Crippen LogP contribution is -2.47. The zero-order valence-corrected chi connectivity index (χ0v) is 23.4. The Morgan fingerprint density at radius 2 is 0.622 bits per heavy atom. The molecular weight excluding hydrogens is 444 g/mol. The minimum Gasteiger partial charge on any atom is -0.0593 e. The van der Waals surface area contributed by atoms with Gasteiger partial charge in [0.15, 0.2) is 0 Å². The maximum Gasteiger partial charge on any atom is -0.0286 e. The van der Waals surface area contributed by atoms with E-state index in [0.717, 1.165) is 11.8 Å². The molecule has 0 heteroatoms. The van der Waals surface area contributed by atoms with Crippen molar-refractivity contribution in [2.45, 2.75) is 78.1 Å². The molecular formula is C37H50. The Labute approximate surface area is 225 Å². The zero-order chi connectivity index (χ0) is 23.4. The lowest BCUT2D eigenvalue weighted by atomic mass is 9.54. The molecule has 13 aliphatic rings. The zero-order valence-electron chi connectivity index (χ0n) is 23.4. The van der Waals surface area contributed by atoms with Gasteiger partial charge in [-0.05, 0) is 212 Å². The summed E-state index contributed by atoms with van der Waals surface area (Å²) in [6, 6.07) is 0. The molecule has 0 aliphatic heterocycles. The lowest BCUT2D eigenvalue weighted by molar-refractivity contribution is -0.0408. The van der Waals surface area contributed by atoms with Crippen LogP contribution in [-0.2, 0) is 0 Å². The van der Waals surface area contributed by atoms with Crippen LogP contribution < -0.4 is 0 Å². The third kappa shape index (κ3) is 1.75. The molecule has 13 rings (SSSR count). The van der Waals surface area contributed by atoms with Crippen molar-refractivity contribution in [3.8, 4) is 0 Å². The van der Waals surface area contributed by atoms with E-state index >= 15 is 0 Å². The number of fused-ring (bicyclic) bond motifs is 39. The van der Waals surface area contributed by atoms with E-state index < -0.39 is 0 Å². The van der Waals surface area contributed by atoms with Gasteiger partial charge in [-0.2, -0.15) is 0 Å². The summed E-state index contributed by atoms with van der Waals surface area (Å²) >= 11 is 0. The first-order chi connectivity index (χ1) is 18.1. The van der Waals surface area contributed by atoms with Crippen LogP contribution in [0.15, 0.2) is 0 Å². The molecule has 24 atom stereocenters. The van der Waals surface area contributed by atoms with Gasteiger partial charge in [-0.1, -0.05) is 13.8 Å². The van der Waals surface area contributed by atoms with Gasteiger partial charge in [-0.25, -0.2) is 0 Å². The molecule has 12 bridgehead atoms. The molecule has 0 radical (unpaired) electrons. The van der Waals surface area contributed by atoms with Gasteiger partial charge in [0.05, 0.1) is 0 Å². The van der Waals surface area contributed by atoms with Gasteiger partial charge in [0.2, 0.25) is 0 Å². The average molecular weight is 495 g/mol. The van der Waals surface area contributed by atoms with Crippen molar-refractivity contribution in [2.24, 2.45) is 147 Å². The molecule has 0 spiro atoms. The Morgan fingerprint density at radius 1 is 0.324 bits per heavy atom. The van der Waals surface area contributed by atoms with Crippen LogP contribution in [0.25, 0.3) is 0 Å². The second kappa shape index (κ2) is 5.69. The highest BCUT2D eigenvalue weighted by molar-refractivity contribution is 5.30. The molecule has 13 saturated carbocycles. The van der Waals surface area contributed by atoms with Gasteiger partial charge in [-0.15, -0.1) is 0 Å². The number of hydrogen-bond acceptors (Lipinski definition) is 0. The van der Waals surface area contributed by atoms with Crippen molar-refractivity contribution in [1.29, 1.82) is 0 Å². The standard InChI is InChI=1S/C37H50/c1-37(2)35-23-11-21(29-17-9-19(31(23)29)27-15-5-3-13(7-15)25(17)27)33(35)34-22-12-24(36(34)37)32-20-10-18(30(22)32)26-14-4-6-16(8-14)28(20)26/h13-36H,3-12H2,1-2H3. The van der Waals surface area contributed by atoms with Gasteiger partial charge in [0.1, 0.15) is 0 Å². The molecule has 24 unspecified atom stereocenters. The summed E-state index contributed by atoms with van der Waals surface area (Å²) in [4.78, 5) is 0. The summed E-state index contributed by atoms with van der Waals surface area (Å²) in [6.07, 6.45) is 16.8. The maximum atomic E-state index is 2.89. The highest BCUT2D eigenvalue weighted by atomic mass is 14.9. The highest BCUT2D eigenvalue weighted by Crippen LogP contribution is 2.87. The van der Waals surface area contributed by atoms with Crippen molar-refractivity contribution in [3.63, 3.8) is 0 Å². The molecule has 0 saturated heterocycles. The van der Waals surface area contributed by atoms with Gasteiger partial charge >= 0.3 is 0 Å². The van der Waals surface area contributed by atoms with Crippen LogP contribution in [0.4, 0.5) is 0 Å². The summed E-state index contributed by atoms with van der Waals surface area (Å²) in [5, 5.41) is 0. The molecule has 0 aromatic heterocycles. The van der Waals surface area contributed by atoms with E-state index in [4.69, 9.17) is 0 Å². The van der Waals surface area contributed by atoms with Gasteiger partial charge < -0.3 is 0 Å². The van der Waals surface area contributed by atoms with Crippen LogP contribution in [0.2, 0.25) is 0 Å². The lowest BCUT2D eigenvalue weighted by Gasteiger charge is -2.51. The maximum absolute atomic E-state index is 2.89. The fraction of sp³-hybridized carbons (Fsp3) is 1.00. The van der Waals surface area contributed by atoms with Gasteiger partial charge in [0, 0.05) is 0 Å². The summed E-state index contributed by atoms with van der Waals surface area (Å²) in [5.74, 6) is 29.0. The van der Waals surface area contributed by atoms with Crippen molar-refractivity contribution >= 4 is 0 Å². The van der Waals surface area contributed by atoms with Crippen molar-refractivity contribution in [2.75, 3.05) is 0 Å². The van der Waals surface area contributed by atoms with Crippen molar-refractivity contribution in [1.82, 2.24) is 0 Å². The van der Waals surface area contributed by atoms with Gasteiger partial charge in [-0.3, -0.25) is 0 Å². The largest absolute Gasteiger partial charge is 0.0593 e. The van der Waals surface area contributed by atoms with E-state index in [-0.39, 0.29) is 0 Å². The summed E-state index contributed by atoms with van der Waals surface area (Å²) in [5.41, 5.74) is 0.677. The minimum atomic E-state index is 0.677. The fourth-order valence-corrected chi connectivity index (χ4v) is 21.1. The van der Waals surface area contributed by atoms with Crippen LogP contribution in [0.5, 0.6) is 0 Å². The Morgan fingerprint density at radius 3 is 1.00 bits per heavy atom. The molecule has 0 aromatic carbocycles. The summed E-state index contributed by atoms with van der Waals surface area (Å²) in [6.45, 7) is 5.78. The molecule has 37 heavy (non-hydrogen) atoms. The Balaban J connectivity index is 0.907. The monoisotopic (exact) mass is 494 g/mol. The summed E-state index contributed by atoms with van der Waals surface area (Å²) < 4.78 is 0. The summed E-state index contributed by atoms with van der Waals surface area (Å²) in [7, 11) is 0. The van der Waals surface area contributed by atoms with Crippen molar-refractivity contribution in [3.05, 3.63) is 0 Å². The molecule has 0 N–H and O–H groups in total. The van der Waals surface area contributed by atoms with Crippen LogP contribution in [0.1, 0.15) is 78.1 Å². The first-order valence-electron chi connectivity index (χ1n) is 18.1. The molecule has 0 aromatic rings. The van der Waals surface area contributed by atoms with Crippen LogP contribution in [0.3, 0.4) is 0 Å². The topological polar surface area (TPSA) is 0 Å². The molecule has 0 nitrogen and oxygen atoms in total. The van der Waals surface area contributed by atoms with E-state index in [9.17, 15) is 0 Å². The van der Waals surface area contributed by atoms with E-state index in [0.29, 0.717) is 5.41 Å². The van der Waals surface area contributed by atoms with Crippen LogP contribution >= 0.6 is 0 Å². The van der Waals surface area contributed by atoms with E-state index in [1.807, 2.05) is 0 Å². The molecule has 0 heterocycles. The molecule has 13 fully saturated rings. The Bertz CT molecular complexity index is 1050.